The van der Waals surface area contributed by atoms with Gasteiger partial charge >= 0.3 is 0 Å². The van der Waals surface area contributed by atoms with Crippen molar-refractivity contribution in [2.45, 2.75) is 18.7 Å². The molecule has 0 saturated carbocycles. The van der Waals surface area contributed by atoms with Crippen LogP contribution in [0.5, 0.6) is 0 Å². The monoisotopic (exact) mass is 402 g/mol. The third-order valence-electron chi connectivity index (χ3n) is 5.21. The maximum absolute atomic E-state index is 13.4. The first-order valence-corrected chi connectivity index (χ1v) is 11.0. The number of nitrogens with zero attached hydrogens (tertiary/aromatic N) is 2. The summed E-state index contributed by atoms with van der Waals surface area (Å²) in [6.45, 7) is 6.64. The molecule has 1 N–H and O–H groups in total. The Labute approximate surface area is 167 Å². The number of likely N-dealkylation sites (N-methyl/N-ethyl adjacent to an activating group) is 1. The van der Waals surface area contributed by atoms with Crippen LogP contribution in [0.2, 0.25) is 0 Å². The first kappa shape index (κ1) is 20.4. The lowest BCUT2D eigenvalue weighted by atomic mass is 10.1. The number of aryl methyl sites for hydroxylation is 2. The molecule has 2 aromatic rings. The number of amides is 1. The van der Waals surface area contributed by atoms with Crippen LogP contribution in [0.3, 0.4) is 0 Å². The summed E-state index contributed by atoms with van der Waals surface area (Å²) in [5.74, 6) is -0.159. The van der Waals surface area contributed by atoms with Gasteiger partial charge in [-0.2, -0.15) is 0 Å². The summed E-state index contributed by atoms with van der Waals surface area (Å²) in [6, 6.07) is 14.0. The molecule has 0 aliphatic carbocycles. The molecule has 3 rings (SSSR count). The Morgan fingerprint density at radius 1 is 1.07 bits per heavy atom. The minimum atomic E-state index is -3.86. The maximum Gasteiger partial charge on any atom is 0.264 e. The van der Waals surface area contributed by atoms with Crippen LogP contribution in [0.25, 0.3) is 0 Å². The molecule has 0 bridgehead atoms. The summed E-state index contributed by atoms with van der Waals surface area (Å²) in [4.78, 5) is 16.3. The molecule has 150 valence electrons. The fraction of sp³-hybridized carbons (Fsp3) is 0.381. The van der Waals surface area contributed by atoms with Crippen LogP contribution < -0.4 is 9.21 Å². The second-order valence-corrected chi connectivity index (χ2v) is 9.31. The van der Waals surface area contributed by atoms with Crippen LogP contribution >= 0.6 is 0 Å². The van der Waals surface area contributed by atoms with E-state index in [0.29, 0.717) is 18.8 Å². The Morgan fingerprint density at radius 3 is 2.36 bits per heavy atom. The fourth-order valence-electron chi connectivity index (χ4n) is 3.37. The van der Waals surface area contributed by atoms with Crippen molar-refractivity contribution in [3.05, 3.63) is 59.7 Å². The highest BCUT2D eigenvalue weighted by molar-refractivity contribution is 7.92. The zero-order valence-electron chi connectivity index (χ0n) is 16.7. The number of carbonyl (C=O) groups excluding carboxylic acids is 1. The van der Waals surface area contributed by atoms with Crippen molar-refractivity contribution in [2.24, 2.45) is 0 Å². The van der Waals surface area contributed by atoms with Gasteiger partial charge in [-0.1, -0.05) is 30.3 Å². The Balaban J connectivity index is 1.98. The number of nitrogens with one attached hydrogen (secondary N) is 1. The molecular weight excluding hydrogens is 374 g/mol. The lowest BCUT2D eigenvalue weighted by Crippen LogP contribution is -3.12. The highest BCUT2D eigenvalue weighted by atomic mass is 32.2. The summed E-state index contributed by atoms with van der Waals surface area (Å²) >= 11 is 0. The normalized spacial score (nSPS) is 15.5. The van der Waals surface area contributed by atoms with Crippen LogP contribution in [0.4, 0.5) is 5.69 Å². The minimum absolute atomic E-state index is 0.159. The van der Waals surface area contributed by atoms with E-state index in [2.05, 4.69) is 7.05 Å². The topological polar surface area (TPSA) is 62.1 Å². The molecule has 1 fully saturated rings. The molecule has 1 aliphatic heterocycles. The van der Waals surface area contributed by atoms with Crippen molar-refractivity contribution >= 4 is 21.6 Å². The van der Waals surface area contributed by atoms with Crippen molar-refractivity contribution in [2.75, 3.05) is 44.1 Å². The molecule has 0 aromatic heterocycles. The Bertz CT molecular complexity index is 937. The van der Waals surface area contributed by atoms with Crippen molar-refractivity contribution in [3.8, 4) is 0 Å². The van der Waals surface area contributed by atoms with E-state index < -0.39 is 10.0 Å². The van der Waals surface area contributed by atoms with Gasteiger partial charge in [-0.25, -0.2) is 8.42 Å². The number of rotatable bonds is 5. The van der Waals surface area contributed by atoms with E-state index in [1.54, 1.807) is 35.2 Å². The molecule has 1 saturated heterocycles. The summed E-state index contributed by atoms with van der Waals surface area (Å²) < 4.78 is 28.1. The lowest BCUT2D eigenvalue weighted by molar-refractivity contribution is -0.883. The first-order chi connectivity index (χ1) is 13.3. The number of sulfonamides is 1. The summed E-state index contributed by atoms with van der Waals surface area (Å²) in [6.07, 6.45) is 0. The van der Waals surface area contributed by atoms with Crippen molar-refractivity contribution in [3.63, 3.8) is 0 Å². The molecule has 28 heavy (non-hydrogen) atoms. The number of hydrogen-bond donors (Lipinski definition) is 1. The number of benzene rings is 2. The van der Waals surface area contributed by atoms with Gasteiger partial charge in [0.1, 0.15) is 6.54 Å². The van der Waals surface area contributed by atoms with E-state index in [1.165, 1.54) is 9.21 Å². The van der Waals surface area contributed by atoms with E-state index in [-0.39, 0.29) is 17.3 Å². The Kier molecular flexibility index (Phi) is 6.05. The zero-order valence-corrected chi connectivity index (χ0v) is 17.5. The van der Waals surface area contributed by atoms with Gasteiger partial charge in [0.05, 0.1) is 43.8 Å². The largest absolute Gasteiger partial charge is 0.334 e. The number of anilines is 1. The standard InChI is InChI=1S/C21H27N3O3S/c1-17-9-10-18(2)20(15-17)24(28(26,27)19-7-5-4-6-8-19)16-21(25)23-13-11-22(3)12-14-23/h4-10,15H,11-14,16H2,1-3H3/p+1. The summed E-state index contributed by atoms with van der Waals surface area (Å²) in [5, 5.41) is 0. The number of piperazine rings is 1. The highest BCUT2D eigenvalue weighted by Crippen LogP contribution is 2.28. The van der Waals surface area contributed by atoms with Gasteiger partial charge in [0.15, 0.2) is 0 Å². The van der Waals surface area contributed by atoms with E-state index in [1.807, 2.05) is 32.0 Å². The van der Waals surface area contributed by atoms with E-state index >= 15 is 0 Å². The summed E-state index contributed by atoms with van der Waals surface area (Å²) in [5.41, 5.74) is 2.32. The predicted octanol–water partition coefficient (Wildman–Crippen LogP) is 0.856. The quantitative estimate of drug-likeness (QED) is 0.807. The van der Waals surface area contributed by atoms with Crippen LogP contribution in [-0.4, -0.2) is 59.0 Å². The van der Waals surface area contributed by atoms with Crippen LogP contribution in [0, 0.1) is 13.8 Å². The molecule has 2 aromatic carbocycles. The molecular formula is C21H28N3O3S+. The molecule has 1 heterocycles. The average molecular weight is 403 g/mol. The molecule has 0 spiro atoms. The molecule has 1 amide bonds. The van der Waals surface area contributed by atoms with E-state index in [9.17, 15) is 13.2 Å². The Hall–Kier alpha value is -2.38. The van der Waals surface area contributed by atoms with Crippen LogP contribution in [0.15, 0.2) is 53.4 Å². The second-order valence-electron chi connectivity index (χ2n) is 7.45. The van der Waals surface area contributed by atoms with Gasteiger partial charge in [-0.05, 0) is 43.2 Å². The second kappa shape index (κ2) is 8.32. The number of carbonyl (C=O) groups is 1. The molecule has 0 radical (unpaired) electrons. The van der Waals surface area contributed by atoms with Crippen molar-refractivity contribution in [1.82, 2.24) is 4.90 Å². The highest BCUT2D eigenvalue weighted by Gasteiger charge is 2.31. The smallest absolute Gasteiger partial charge is 0.264 e. The molecule has 7 heteroatoms. The van der Waals surface area contributed by atoms with Crippen LogP contribution in [0.1, 0.15) is 11.1 Å². The SMILES string of the molecule is Cc1ccc(C)c(N(CC(=O)N2CC[NH+](C)CC2)S(=O)(=O)c2ccccc2)c1. The fourth-order valence-corrected chi connectivity index (χ4v) is 4.86. The number of quaternary nitrogens is 1. The predicted molar refractivity (Wildman–Crippen MR) is 110 cm³/mol. The minimum Gasteiger partial charge on any atom is -0.334 e. The molecule has 1 aliphatic rings. The van der Waals surface area contributed by atoms with Gasteiger partial charge in [-0.15, -0.1) is 0 Å². The third kappa shape index (κ3) is 4.36. The molecule has 6 nitrogen and oxygen atoms in total. The number of hydrogen-bond acceptors (Lipinski definition) is 3. The van der Waals surface area contributed by atoms with E-state index in [4.69, 9.17) is 0 Å². The molecule has 0 unspecified atom stereocenters. The molecule has 0 atom stereocenters. The third-order valence-corrected chi connectivity index (χ3v) is 6.99. The lowest BCUT2D eigenvalue weighted by Gasteiger charge is -2.33. The average Bonchev–Trinajstić information content (AvgIpc) is 2.69. The van der Waals surface area contributed by atoms with Crippen molar-refractivity contribution < 1.29 is 18.1 Å². The first-order valence-electron chi connectivity index (χ1n) is 9.53. The van der Waals surface area contributed by atoms with Gasteiger partial charge < -0.3 is 9.80 Å². The van der Waals surface area contributed by atoms with Gasteiger partial charge in [0.25, 0.3) is 10.0 Å². The van der Waals surface area contributed by atoms with Gasteiger partial charge in [0.2, 0.25) is 5.91 Å². The van der Waals surface area contributed by atoms with Crippen molar-refractivity contribution in [1.29, 1.82) is 0 Å². The zero-order chi connectivity index (χ0) is 20.3. The van der Waals surface area contributed by atoms with E-state index in [0.717, 1.165) is 24.2 Å². The van der Waals surface area contributed by atoms with Gasteiger partial charge in [-0.3, -0.25) is 9.10 Å². The summed E-state index contributed by atoms with van der Waals surface area (Å²) in [7, 11) is -1.76. The maximum atomic E-state index is 13.4. The Morgan fingerprint density at radius 2 is 1.71 bits per heavy atom. The van der Waals surface area contributed by atoms with Gasteiger partial charge in [0, 0.05) is 0 Å². The van der Waals surface area contributed by atoms with Crippen LogP contribution in [-0.2, 0) is 14.8 Å².